The van der Waals surface area contributed by atoms with Gasteiger partial charge in [0.25, 0.3) is 0 Å². The highest BCUT2D eigenvalue weighted by atomic mass is 79.9. The lowest BCUT2D eigenvalue weighted by atomic mass is 10.2. The van der Waals surface area contributed by atoms with E-state index in [1.54, 1.807) is 18.7 Å². The Morgan fingerprint density at radius 3 is 2.76 bits per heavy atom. The Hall–Kier alpha value is -2.91. The van der Waals surface area contributed by atoms with Crippen LogP contribution in [-0.2, 0) is 11.3 Å². The number of hydrogen-bond acceptors (Lipinski definition) is 6. The molecule has 3 heterocycles. The van der Waals surface area contributed by atoms with Crippen molar-refractivity contribution in [1.82, 2.24) is 19.7 Å². The van der Waals surface area contributed by atoms with Crippen molar-refractivity contribution >= 4 is 39.3 Å². The van der Waals surface area contributed by atoms with Crippen molar-refractivity contribution in [2.45, 2.75) is 11.7 Å². The van der Waals surface area contributed by atoms with Crippen LogP contribution in [0.5, 0.6) is 0 Å². The molecule has 0 spiro atoms. The number of benzene rings is 1. The molecule has 0 saturated heterocycles. The maximum atomic E-state index is 12.4. The van der Waals surface area contributed by atoms with Gasteiger partial charge in [-0.25, -0.2) is 0 Å². The summed E-state index contributed by atoms with van der Waals surface area (Å²) in [7, 11) is 0. The lowest BCUT2D eigenvalue weighted by Crippen LogP contribution is -2.14. The van der Waals surface area contributed by atoms with Gasteiger partial charge in [0.2, 0.25) is 5.91 Å². The molecule has 9 heteroatoms. The van der Waals surface area contributed by atoms with Crippen molar-refractivity contribution in [3.8, 4) is 11.4 Å². The smallest absolute Gasteiger partial charge is 0.234 e. The Labute approximate surface area is 179 Å². The van der Waals surface area contributed by atoms with E-state index in [9.17, 15) is 4.79 Å². The number of nitrogens with one attached hydrogen (secondary N) is 1. The summed E-state index contributed by atoms with van der Waals surface area (Å²) in [6, 6.07) is 14.9. The number of hydrogen-bond donors (Lipinski definition) is 1. The summed E-state index contributed by atoms with van der Waals surface area (Å²) in [4.78, 5) is 16.4. The molecule has 0 atom stereocenters. The Balaban J connectivity index is 1.52. The quantitative estimate of drug-likeness (QED) is 0.401. The van der Waals surface area contributed by atoms with Crippen LogP contribution in [0.15, 0.2) is 81.2 Å². The van der Waals surface area contributed by atoms with Crippen molar-refractivity contribution in [2.24, 2.45) is 0 Å². The van der Waals surface area contributed by atoms with Crippen LogP contribution in [0.4, 0.5) is 5.69 Å². The molecule has 0 aliphatic carbocycles. The lowest BCUT2D eigenvalue weighted by molar-refractivity contribution is -0.113. The van der Waals surface area contributed by atoms with Gasteiger partial charge in [-0.15, -0.1) is 10.2 Å². The van der Waals surface area contributed by atoms with E-state index in [1.165, 1.54) is 11.8 Å². The van der Waals surface area contributed by atoms with Gasteiger partial charge in [0.1, 0.15) is 5.76 Å². The van der Waals surface area contributed by atoms with Gasteiger partial charge in [0.05, 0.1) is 18.6 Å². The topological polar surface area (TPSA) is 85.8 Å². The fraction of sp³-hybridized carbons (Fsp3) is 0.100. The number of thioether (sulfide) groups is 1. The number of nitrogens with zero attached hydrogens (tertiary/aromatic N) is 4. The van der Waals surface area contributed by atoms with Crippen LogP contribution in [0, 0.1) is 0 Å². The van der Waals surface area contributed by atoms with E-state index in [0.29, 0.717) is 17.5 Å². The normalized spacial score (nSPS) is 10.8. The van der Waals surface area contributed by atoms with E-state index in [0.717, 1.165) is 21.5 Å². The molecule has 1 amide bonds. The molecule has 0 unspecified atom stereocenters. The van der Waals surface area contributed by atoms with Gasteiger partial charge in [-0.3, -0.25) is 14.3 Å². The molecule has 1 N–H and O–H groups in total. The molecule has 4 aromatic rings. The van der Waals surface area contributed by atoms with Gasteiger partial charge < -0.3 is 9.73 Å². The zero-order chi connectivity index (χ0) is 20.1. The number of halogens is 1. The highest BCUT2D eigenvalue weighted by molar-refractivity contribution is 9.10. The molecule has 0 bridgehead atoms. The van der Waals surface area contributed by atoms with Crippen molar-refractivity contribution in [2.75, 3.05) is 11.1 Å². The third-order valence-corrected chi connectivity index (χ3v) is 5.45. The van der Waals surface area contributed by atoms with Gasteiger partial charge in [-0.1, -0.05) is 33.8 Å². The molecule has 7 nitrogen and oxygen atoms in total. The number of carbonyl (C=O) groups excluding carboxylic acids is 1. The average molecular weight is 470 g/mol. The van der Waals surface area contributed by atoms with Crippen molar-refractivity contribution < 1.29 is 9.21 Å². The van der Waals surface area contributed by atoms with E-state index in [2.05, 4.69) is 36.4 Å². The minimum absolute atomic E-state index is 0.119. The molecule has 29 heavy (non-hydrogen) atoms. The van der Waals surface area contributed by atoms with E-state index in [4.69, 9.17) is 4.42 Å². The van der Waals surface area contributed by atoms with Crippen LogP contribution >= 0.6 is 27.7 Å². The maximum absolute atomic E-state index is 12.4. The lowest BCUT2D eigenvalue weighted by Gasteiger charge is -2.09. The number of aromatic nitrogens is 4. The number of amides is 1. The van der Waals surface area contributed by atoms with Crippen LogP contribution in [-0.4, -0.2) is 31.4 Å². The Bertz CT molecular complexity index is 1100. The second kappa shape index (κ2) is 9.06. The molecule has 4 rings (SSSR count). The van der Waals surface area contributed by atoms with Gasteiger partial charge in [-0.05, 0) is 42.5 Å². The molecule has 0 saturated carbocycles. The molecule has 0 aliphatic rings. The average Bonchev–Trinajstić information content (AvgIpc) is 3.38. The summed E-state index contributed by atoms with van der Waals surface area (Å²) in [6.07, 6.45) is 5.04. The number of pyridine rings is 1. The number of furan rings is 1. The first-order chi connectivity index (χ1) is 14.2. The zero-order valence-corrected chi connectivity index (χ0v) is 17.6. The van der Waals surface area contributed by atoms with E-state index in [-0.39, 0.29) is 11.7 Å². The highest BCUT2D eigenvalue weighted by Gasteiger charge is 2.17. The summed E-state index contributed by atoms with van der Waals surface area (Å²) in [5.74, 6) is 1.56. The number of anilines is 1. The minimum atomic E-state index is -0.119. The molecule has 3 aromatic heterocycles. The summed E-state index contributed by atoms with van der Waals surface area (Å²) in [6.45, 7) is 0.466. The first kappa shape index (κ1) is 19.4. The maximum Gasteiger partial charge on any atom is 0.234 e. The fourth-order valence-corrected chi connectivity index (χ4v) is 3.84. The van der Waals surface area contributed by atoms with Gasteiger partial charge in [0, 0.05) is 28.1 Å². The van der Waals surface area contributed by atoms with Crippen LogP contribution in [0.25, 0.3) is 11.4 Å². The van der Waals surface area contributed by atoms with Crippen molar-refractivity contribution in [3.05, 3.63) is 77.4 Å². The molecule has 146 valence electrons. The number of rotatable bonds is 7. The van der Waals surface area contributed by atoms with Crippen molar-refractivity contribution in [3.63, 3.8) is 0 Å². The Morgan fingerprint density at radius 1 is 1.14 bits per heavy atom. The van der Waals surface area contributed by atoms with Gasteiger partial charge >= 0.3 is 0 Å². The largest absolute Gasteiger partial charge is 0.467 e. The second-order valence-electron chi connectivity index (χ2n) is 6.05. The van der Waals surface area contributed by atoms with Crippen LogP contribution in [0.1, 0.15) is 5.76 Å². The van der Waals surface area contributed by atoms with E-state index >= 15 is 0 Å². The zero-order valence-electron chi connectivity index (χ0n) is 15.2. The predicted octanol–water partition coefficient (Wildman–Crippen LogP) is 4.47. The van der Waals surface area contributed by atoms with Crippen LogP contribution < -0.4 is 5.32 Å². The molecule has 1 aromatic carbocycles. The second-order valence-corrected chi connectivity index (χ2v) is 7.91. The first-order valence-electron chi connectivity index (χ1n) is 8.73. The minimum Gasteiger partial charge on any atom is -0.467 e. The van der Waals surface area contributed by atoms with E-state index in [1.807, 2.05) is 53.1 Å². The Kier molecular flexibility index (Phi) is 6.06. The molecular formula is C20H16BrN5O2S. The number of carbonyl (C=O) groups is 1. The summed E-state index contributed by atoms with van der Waals surface area (Å²) < 4.78 is 8.33. The van der Waals surface area contributed by atoms with Crippen LogP contribution in [0.2, 0.25) is 0 Å². The molecular weight excluding hydrogens is 454 g/mol. The standard InChI is InChI=1S/C20H16BrN5O2S/c21-15-3-1-4-16(11-15)23-18(27)13-29-20-25-24-19(14-6-8-22-9-7-14)26(20)12-17-5-2-10-28-17/h1-11H,12-13H2,(H,23,27). The summed E-state index contributed by atoms with van der Waals surface area (Å²) in [5, 5.41) is 12.1. The van der Waals surface area contributed by atoms with Crippen LogP contribution in [0.3, 0.4) is 0 Å². The fourth-order valence-electron chi connectivity index (χ4n) is 2.70. The molecule has 0 radical (unpaired) electrons. The van der Waals surface area contributed by atoms with Crippen molar-refractivity contribution in [1.29, 1.82) is 0 Å². The third kappa shape index (κ3) is 4.93. The summed E-state index contributed by atoms with van der Waals surface area (Å²) >= 11 is 4.72. The Morgan fingerprint density at radius 2 is 2.00 bits per heavy atom. The highest BCUT2D eigenvalue weighted by Crippen LogP contribution is 2.25. The van der Waals surface area contributed by atoms with Gasteiger partial charge in [-0.2, -0.15) is 0 Å². The monoisotopic (exact) mass is 469 g/mol. The molecule has 0 aliphatic heterocycles. The van der Waals surface area contributed by atoms with Gasteiger partial charge in [0.15, 0.2) is 11.0 Å². The van der Waals surface area contributed by atoms with E-state index < -0.39 is 0 Å². The first-order valence-corrected chi connectivity index (χ1v) is 10.5. The third-order valence-electron chi connectivity index (χ3n) is 3.99. The predicted molar refractivity (Wildman–Crippen MR) is 115 cm³/mol. The molecule has 0 fully saturated rings. The SMILES string of the molecule is O=C(CSc1nnc(-c2ccncc2)n1Cc1ccco1)Nc1cccc(Br)c1. The summed E-state index contributed by atoms with van der Waals surface area (Å²) in [5.41, 5.74) is 1.63.